The number of rotatable bonds is 5. The first-order chi connectivity index (χ1) is 9.61. The fourth-order valence-electron chi connectivity index (χ4n) is 1.97. The van der Waals surface area contributed by atoms with E-state index in [1.54, 1.807) is 12.4 Å². The van der Waals surface area contributed by atoms with Crippen LogP contribution < -0.4 is 4.90 Å². The molecule has 1 heterocycles. The third-order valence-corrected chi connectivity index (χ3v) is 3.04. The first kappa shape index (κ1) is 14.0. The van der Waals surface area contributed by atoms with Crippen molar-refractivity contribution in [2.75, 3.05) is 11.4 Å². The second-order valence-corrected chi connectivity index (χ2v) is 4.34. The molecule has 20 heavy (non-hydrogen) atoms. The van der Waals surface area contributed by atoms with Crippen LogP contribution in [0.1, 0.15) is 22.8 Å². The van der Waals surface area contributed by atoms with Crippen LogP contribution in [0.4, 0.5) is 10.1 Å². The topological polar surface area (TPSA) is 53.4 Å². The second-order valence-electron chi connectivity index (χ2n) is 4.34. The molecule has 0 unspecified atom stereocenters. The molecule has 5 heteroatoms. The Labute approximate surface area is 116 Å². The highest BCUT2D eigenvalue weighted by Gasteiger charge is 2.13. The minimum atomic E-state index is -1.13. The molecular formula is C15H15FN2O2. The van der Waals surface area contributed by atoms with Crippen molar-refractivity contribution in [3.8, 4) is 0 Å². The van der Waals surface area contributed by atoms with E-state index in [9.17, 15) is 9.18 Å². The third-order valence-electron chi connectivity index (χ3n) is 3.04. The molecule has 1 N–H and O–H groups in total. The number of pyridine rings is 1. The molecule has 0 atom stereocenters. The van der Waals surface area contributed by atoms with Gasteiger partial charge in [0.2, 0.25) is 0 Å². The fraction of sp³-hybridized carbons (Fsp3) is 0.200. The summed E-state index contributed by atoms with van der Waals surface area (Å²) in [6.07, 6.45) is 3.38. The molecule has 104 valence electrons. The Bertz CT molecular complexity index is 602. The Morgan fingerprint density at radius 2 is 2.00 bits per heavy atom. The Hall–Kier alpha value is -2.43. The predicted molar refractivity (Wildman–Crippen MR) is 74.3 cm³/mol. The van der Waals surface area contributed by atoms with E-state index in [1.807, 2.05) is 24.0 Å². The van der Waals surface area contributed by atoms with Crippen molar-refractivity contribution in [1.29, 1.82) is 0 Å². The molecule has 0 spiro atoms. The number of aromatic carboxylic acids is 1. The van der Waals surface area contributed by atoms with Crippen molar-refractivity contribution < 1.29 is 14.3 Å². The maximum absolute atomic E-state index is 14.0. The molecule has 2 rings (SSSR count). The minimum Gasteiger partial charge on any atom is -0.478 e. The van der Waals surface area contributed by atoms with Crippen LogP contribution in [0.15, 0.2) is 42.7 Å². The zero-order valence-electron chi connectivity index (χ0n) is 11.1. The molecule has 0 saturated heterocycles. The van der Waals surface area contributed by atoms with Crippen LogP contribution in [0, 0.1) is 5.82 Å². The van der Waals surface area contributed by atoms with Gasteiger partial charge in [0, 0.05) is 25.5 Å². The lowest BCUT2D eigenvalue weighted by molar-refractivity contribution is 0.0696. The van der Waals surface area contributed by atoms with Gasteiger partial charge in [0.1, 0.15) is 5.82 Å². The van der Waals surface area contributed by atoms with E-state index < -0.39 is 11.8 Å². The van der Waals surface area contributed by atoms with Crippen LogP contribution >= 0.6 is 0 Å². The first-order valence-electron chi connectivity index (χ1n) is 6.28. The number of hydrogen-bond acceptors (Lipinski definition) is 3. The molecular weight excluding hydrogens is 259 g/mol. The number of anilines is 1. The number of nitrogens with zero attached hydrogens (tertiary/aromatic N) is 2. The molecule has 0 fully saturated rings. The van der Waals surface area contributed by atoms with Crippen molar-refractivity contribution in [1.82, 2.24) is 4.98 Å². The van der Waals surface area contributed by atoms with Crippen LogP contribution in [-0.2, 0) is 6.54 Å². The summed E-state index contributed by atoms with van der Waals surface area (Å²) in [6, 6.07) is 7.70. The van der Waals surface area contributed by atoms with Gasteiger partial charge in [-0.05, 0) is 42.8 Å². The quantitative estimate of drug-likeness (QED) is 0.910. The number of aromatic nitrogens is 1. The van der Waals surface area contributed by atoms with Crippen LogP contribution in [-0.4, -0.2) is 22.6 Å². The molecule has 1 aromatic heterocycles. The third kappa shape index (κ3) is 3.12. The van der Waals surface area contributed by atoms with Gasteiger partial charge in [0.15, 0.2) is 0 Å². The normalized spacial score (nSPS) is 10.3. The van der Waals surface area contributed by atoms with Gasteiger partial charge in [-0.15, -0.1) is 0 Å². The molecule has 0 bridgehead atoms. The molecule has 0 aliphatic rings. The van der Waals surface area contributed by atoms with Crippen molar-refractivity contribution in [3.05, 3.63) is 59.7 Å². The molecule has 0 aliphatic carbocycles. The van der Waals surface area contributed by atoms with Gasteiger partial charge in [0.25, 0.3) is 0 Å². The Balaban J connectivity index is 2.26. The number of hydrogen-bond donors (Lipinski definition) is 1. The Morgan fingerprint density at radius 3 is 2.55 bits per heavy atom. The van der Waals surface area contributed by atoms with E-state index in [-0.39, 0.29) is 5.56 Å². The number of carboxylic acid groups (broad SMARTS) is 1. The summed E-state index contributed by atoms with van der Waals surface area (Å²) in [5, 5.41) is 8.84. The lowest BCUT2D eigenvalue weighted by Crippen LogP contribution is -2.23. The number of benzene rings is 1. The Morgan fingerprint density at radius 1 is 1.30 bits per heavy atom. The highest BCUT2D eigenvalue weighted by molar-refractivity contribution is 5.88. The van der Waals surface area contributed by atoms with Gasteiger partial charge in [0.05, 0.1) is 11.3 Å². The second kappa shape index (κ2) is 6.14. The summed E-state index contributed by atoms with van der Waals surface area (Å²) in [7, 11) is 0. The molecule has 0 aliphatic heterocycles. The summed E-state index contributed by atoms with van der Waals surface area (Å²) < 4.78 is 14.0. The molecule has 4 nitrogen and oxygen atoms in total. The summed E-state index contributed by atoms with van der Waals surface area (Å²) in [5.41, 5.74) is 1.36. The smallest absolute Gasteiger partial charge is 0.335 e. The predicted octanol–water partition coefficient (Wildman–Crippen LogP) is 2.95. The van der Waals surface area contributed by atoms with Gasteiger partial charge in [-0.25, -0.2) is 9.18 Å². The van der Waals surface area contributed by atoms with Gasteiger partial charge >= 0.3 is 5.97 Å². The van der Waals surface area contributed by atoms with Crippen LogP contribution in [0.3, 0.4) is 0 Å². The van der Waals surface area contributed by atoms with Crippen molar-refractivity contribution in [2.24, 2.45) is 0 Å². The zero-order valence-corrected chi connectivity index (χ0v) is 11.1. The number of carbonyl (C=O) groups is 1. The summed E-state index contributed by atoms with van der Waals surface area (Å²) in [6.45, 7) is 3.08. The lowest BCUT2D eigenvalue weighted by atomic mass is 10.1. The molecule has 0 amide bonds. The van der Waals surface area contributed by atoms with Gasteiger partial charge in [-0.1, -0.05) is 0 Å². The number of halogens is 1. The monoisotopic (exact) mass is 274 g/mol. The lowest BCUT2D eigenvalue weighted by Gasteiger charge is -2.23. The van der Waals surface area contributed by atoms with Crippen LogP contribution in [0.5, 0.6) is 0 Å². The van der Waals surface area contributed by atoms with E-state index in [4.69, 9.17) is 5.11 Å². The molecule has 0 radical (unpaired) electrons. The highest BCUT2D eigenvalue weighted by atomic mass is 19.1. The number of carboxylic acids is 1. The average Bonchev–Trinajstić information content (AvgIpc) is 2.46. The van der Waals surface area contributed by atoms with Crippen molar-refractivity contribution in [3.63, 3.8) is 0 Å². The van der Waals surface area contributed by atoms with E-state index in [0.29, 0.717) is 18.8 Å². The van der Waals surface area contributed by atoms with E-state index in [0.717, 1.165) is 11.6 Å². The van der Waals surface area contributed by atoms with E-state index in [2.05, 4.69) is 4.98 Å². The van der Waals surface area contributed by atoms with Gasteiger partial charge in [-0.3, -0.25) is 4.98 Å². The first-order valence-corrected chi connectivity index (χ1v) is 6.28. The van der Waals surface area contributed by atoms with Gasteiger partial charge < -0.3 is 10.0 Å². The minimum absolute atomic E-state index is 0.0498. The van der Waals surface area contributed by atoms with E-state index >= 15 is 0 Å². The summed E-state index contributed by atoms with van der Waals surface area (Å²) >= 11 is 0. The average molecular weight is 274 g/mol. The summed E-state index contributed by atoms with van der Waals surface area (Å²) in [4.78, 5) is 16.6. The Kier molecular flexibility index (Phi) is 4.30. The maximum atomic E-state index is 14.0. The summed E-state index contributed by atoms with van der Waals surface area (Å²) in [5.74, 6) is -1.66. The zero-order chi connectivity index (χ0) is 14.5. The fourth-order valence-corrected chi connectivity index (χ4v) is 1.97. The standard InChI is InChI=1S/C15H15FN2O2/c1-2-18(10-11-5-7-17-8-6-11)14-4-3-12(15(19)20)9-13(14)16/h3-9H,2,10H2,1H3,(H,19,20). The SMILES string of the molecule is CCN(Cc1ccncc1)c1ccc(C(=O)O)cc1F. The van der Waals surface area contributed by atoms with Gasteiger partial charge in [-0.2, -0.15) is 0 Å². The molecule has 0 saturated carbocycles. The largest absolute Gasteiger partial charge is 0.478 e. The highest BCUT2D eigenvalue weighted by Crippen LogP contribution is 2.22. The van der Waals surface area contributed by atoms with Crippen LogP contribution in [0.2, 0.25) is 0 Å². The molecule has 1 aromatic carbocycles. The van der Waals surface area contributed by atoms with Crippen molar-refractivity contribution in [2.45, 2.75) is 13.5 Å². The maximum Gasteiger partial charge on any atom is 0.335 e. The molecule has 2 aromatic rings. The van der Waals surface area contributed by atoms with Crippen LogP contribution in [0.25, 0.3) is 0 Å². The van der Waals surface area contributed by atoms with E-state index in [1.165, 1.54) is 12.1 Å². The van der Waals surface area contributed by atoms with Crippen molar-refractivity contribution >= 4 is 11.7 Å².